The summed E-state index contributed by atoms with van der Waals surface area (Å²) in [6, 6.07) is 17.3. The molecule has 0 saturated heterocycles. The average molecular weight is 361 g/mol. The lowest BCUT2D eigenvalue weighted by molar-refractivity contribution is 0.0946. The zero-order valence-electron chi connectivity index (χ0n) is 15.7. The maximum Gasteiger partial charge on any atom is 0.270 e. The summed E-state index contributed by atoms with van der Waals surface area (Å²) in [7, 11) is 1.63. The summed E-state index contributed by atoms with van der Waals surface area (Å²) in [6.07, 6.45) is 1.67. The highest BCUT2D eigenvalue weighted by molar-refractivity contribution is 5.92. The zero-order chi connectivity index (χ0) is 19.2. The summed E-state index contributed by atoms with van der Waals surface area (Å²) in [6.45, 7) is 4.59. The predicted molar refractivity (Wildman–Crippen MR) is 108 cm³/mol. The lowest BCUT2D eigenvalue weighted by atomic mass is 10.1. The highest BCUT2D eigenvalue weighted by Gasteiger charge is 2.08. The van der Waals surface area contributed by atoms with Crippen molar-refractivity contribution in [2.75, 3.05) is 12.4 Å². The Balaban J connectivity index is 1.60. The molecule has 2 N–H and O–H groups in total. The molecule has 0 aliphatic rings. The van der Waals surface area contributed by atoms with Gasteiger partial charge in [-0.25, -0.2) is 4.98 Å². The van der Waals surface area contributed by atoms with Gasteiger partial charge in [-0.05, 0) is 60.9 Å². The summed E-state index contributed by atoms with van der Waals surface area (Å²) >= 11 is 0. The number of nitrogens with zero attached hydrogens (tertiary/aromatic N) is 1. The van der Waals surface area contributed by atoms with Gasteiger partial charge in [0.05, 0.1) is 19.0 Å². The molecule has 0 unspecified atom stereocenters. The fraction of sp³-hybridized carbons (Fsp3) is 0.182. The van der Waals surface area contributed by atoms with Crippen LogP contribution in [0, 0.1) is 13.8 Å². The molecule has 0 radical (unpaired) electrons. The molecule has 27 heavy (non-hydrogen) atoms. The molecule has 138 valence electrons. The fourth-order valence-corrected chi connectivity index (χ4v) is 2.66. The van der Waals surface area contributed by atoms with E-state index in [1.165, 1.54) is 11.1 Å². The molecular weight excluding hydrogens is 338 g/mol. The van der Waals surface area contributed by atoms with Crippen molar-refractivity contribution in [2.24, 2.45) is 0 Å². The molecule has 5 nitrogen and oxygen atoms in total. The van der Waals surface area contributed by atoms with E-state index in [4.69, 9.17) is 4.74 Å². The van der Waals surface area contributed by atoms with Gasteiger partial charge in [0.25, 0.3) is 5.91 Å². The van der Waals surface area contributed by atoms with Gasteiger partial charge in [-0.15, -0.1) is 0 Å². The lowest BCUT2D eigenvalue weighted by Crippen LogP contribution is -2.23. The average Bonchev–Trinajstić information content (AvgIpc) is 2.70. The van der Waals surface area contributed by atoms with E-state index in [1.807, 2.05) is 42.5 Å². The van der Waals surface area contributed by atoms with E-state index in [0.29, 0.717) is 12.2 Å². The van der Waals surface area contributed by atoms with Gasteiger partial charge in [0, 0.05) is 12.2 Å². The van der Waals surface area contributed by atoms with Crippen LogP contribution in [0.4, 0.5) is 11.4 Å². The predicted octanol–water partition coefficient (Wildman–Crippen LogP) is 4.38. The largest absolute Gasteiger partial charge is 0.497 e. The Labute approximate surface area is 159 Å². The molecule has 3 aromatic rings. The number of nitrogens with one attached hydrogen (secondary N) is 2. The molecule has 0 saturated carbocycles. The van der Waals surface area contributed by atoms with E-state index in [2.05, 4.69) is 35.5 Å². The second-order valence-corrected chi connectivity index (χ2v) is 6.34. The highest BCUT2D eigenvalue weighted by atomic mass is 16.5. The second kappa shape index (κ2) is 8.36. The lowest BCUT2D eigenvalue weighted by Gasteiger charge is -2.11. The SMILES string of the molecule is COc1ccc(CNC(=O)c2ccc(Nc3cccc(C)c3C)cn2)cc1. The Kier molecular flexibility index (Phi) is 5.71. The first-order valence-electron chi connectivity index (χ1n) is 8.77. The number of anilines is 2. The maximum absolute atomic E-state index is 12.3. The van der Waals surface area contributed by atoms with Crippen LogP contribution in [0.2, 0.25) is 0 Å². The van der Waals surface area contributed by atoms with Crippen LogP contribution >= 0.6 is 0 Å². The monoisotopic (exact) mass is 361 g/mol. The molecule has 0 bridgehead atoms. The minimum atomic E-state index is -0.205. The smallest absolute Gasteiger partial charge is 0.270 e. The van der Waals surface area contributed by atoms with E-state index in [0.717, 1.165) is 22.7 Å². The molecule has 0 aliphatic heterocycles. The van der Waals surface area contributed by atoms with E-state index in [-0.39, 0.29) is 5.91 Å². The number of benzene rings is 2. The molecule has 3 rings (SSSR count). The third kappa shape index (κ3) is 4.64. The van der Waals surface area contributed by atoms with E-state index >= 15 is 0 Å². The molecule has 5 heteroatoms. The third-order valence-electron chi connectivity index (χ3n) is 4.49. The van der Waals surface area contributed by atoms with E-state index in [1.54, 1.807) is 19.4 Å². The first-order chi connectivity index (χ1) is 13.1. The Morgan fingerprint density at radius 2 is 1.81 bits per heavy atom. The quantitative estimate of drug-likeness (QED) is 0.684. The van der Waals surface area contributed by atoms with Crippen molar-refractivity contribution in [1.29, 1.82) is 0 Å². The van der Waals surface area contributed by atoms with Gasteiger partial charge in [-0.3, -0.25) is 4.79 Å². The number of ether oxygens (including phenoxy) is 1. The Morgan fingerprint density at radius 1 is 1.04 bits per heavy atom. The van der Waals surface area contributed by atoms with Crippen LogP contribution in [0.3, 0.4) is 0 Å². The second-order valence-electron chi connectivity index (χ2n) is 6.34. The van der Waals surface area contributed by atoms with Gasteiger partial charge >= 0.3 is 0 Å². The van der Waals surface area contributed by atoms with Crippen molar-refractivity contribution in [1.82, 2.24) is 10.3 Å². The standard InChI is InChI=1S/C22H23N3O2/c1-15-5-4-6-20(16(15)2)25-18-9-12-21(23-14-18)22(26)24-13-17-7-10-19(27-3)11-8-17/h4-12,14,25H,13H2,1-3H3,(H,24,26). The topological polar surface area (TPSA) is 63.2 Å². The van der Waals surface area contributed by atoms with Crippen LogP contribution in [-0.4, -0.2) is 18.0 Å². The molecule has 1 aromatic heterocycles. The number of hydrogen-bond acceptors (Lipinski definition) is 4. The van der Waals surface area contributed by atoms with Crippen LogP contribution in [0.1, 0.15) is 27.2 Å². The minimum absolute atomic E-state index is 0.205. The molecule has 0 atom stereocenters. The van der Waals surface area contributed by atoms with E-state index < -0.39 is 0 Å². The van der Waals surface area contributed by atoms with E-state index in [9.17, 15) is 4.79 Å². The molecule has 0 spiro atoms. The number of carbonyl (C=O) groups excluding carboxylic acids is 1. The highest BCUT2D eigenvalue weighted by Crippen LogP contribution is 2.22. The molecule has 2 aromatic carbocycles. The van der Waals surface area contributed by atoms with Crippen molar-refractivity contribution < 1.29 is 9.53 Å². The van der Waals surface area contributed by atoms with Crippen molar-refractivity contribution in [3.8, 4) is 5.75 Å². The van der Waals surface area contributed by atoms with Gasteiger partial charge in [0.1, 0.15) is 11.4 Å². The van der Waals surface area contributed by atoms with Crippen LogP contribution < -0.4 is 15.4 Å². The Hall–Kier alpha value is -3.34. The van der Waals surface area contributed by atoms with Crippen LogP contribution in [0.25, 0.3) is 0 Å². The third-order valence-corrected chi connectivity index (χ3v) is 4.49. The number of hydrogen-bond donors (Lipinski definition) is 2. The number of amides is 1. The van der Waals surface area contributed by atoms with Gasteiger partial charge in [0.15, 0.2) is 0 Å². The summed E-state index contributed by atoms with van der Waals surface area (Å²) in [5, 5.41) is 6.22. The first kappa shape index (κ1) is 18.5. The molecule has 0 fully saturated rings. The van der Waals surface area contributed by atoms with Crippen LogP contribution in [-0.2, 0) is 6.54 Å². The number of methoxy groups -OCH3 is 1. The number of pyridine rings is 1. The zero-order valence-corrected chi connectivity index (χ0v) is 15.7. The summed E-state index contributed by atoms with van der Waals surface area (Å²) in [4.78, 5) is 16.6. The fourth-order valence-electron chi connectivity index (χ4n) is 2.66. The van der Waals surface area contributed by atoms with Crippen molar-refractivity contribution in [2.45, 2.75) is 20.4 Å². The maximum atomic E-state index is 12.3. The number of carbonyl (C=O) groups is 1. The Morgan fingerprint density at radius 3 is 2.48 bits per heavy atom. The number of aromatic nitrogens is 1. The molecular formula is C22H23N3O2. The van der Waals surface area contributed by atoms with Crippen molar-refractivity contribution >= 4 is 17.3 Å². The van der Waals surface area contributed by atoms with Crippen molar-refractivity contribution in [3.05, 3.63) is 83.2 Å². The Bertz CT molecular complexity index is 919. The molecule has 1 heterocycles. The first-order valence-corrected chi connectivity index (χ1v) is 8.77. The molecule has 1 amide bonds. The number of rotatable bonds is 6. The van der Waals surface area contributed by atoms with Crippen LogP contribution in [0.15, 0.2) is 60.8 Å². The van der Waals surface area contributed by atoms with Gasteiger partial charge in [-0.2, -0.15) is 0 Å². The summed E-state index contributed by atoms with van der Waals surface area (Å²) < 4.78 is 5.13. The molecule has 0 aliphatic carbocycles. The van der Waals surface area contributed by atoms with Crippen LogP contribution in [0.5, 0.6) is 5.75 Å². The normalized spacial score (nSPS) is 10.3. The van der Waals surface area contributed by atoms with Gasteiger partial charge in [-0.1, -0.05) is 24.3 Å². The minimum Gasteiger partial charge on any atom is -0.497 e. The number of aryl methyl sites for hydroxylation is 1. The van der Waals surface area contributed by atoms with Crippen molar-refractivity contribution in [3.63, 3.8) is 0 Å². The van der Waals surface area contributed by atoms with Gasteiger partial charge < -0.3 is 15.4 Å². The summed E-state index contributed by atoms with van der Waals surface area (Å²) in [5.74, 6) is 0.586. The summed E-state index contributed by atoms with van der Waals surface area (Å²) in [5.41, 5.74) is 5.68. The van der Waals surface area contributed by atoms with Gasteiger partial charge in [0.2, 0.25) is 0 Å².